The van der Waals surface area contributed by atoms with Gasteiger partial charge in [0.2, 0.25) is 5.96 Å². The number of rotatable bonds is 5. The van der Waals surface area contributed by atoms with Crippen LogP contribution in [0.3, 0.4) is 0 Å². The summed E-state index contributed by atoms with van der Waals surface area (Å²) in [5, 5.41) is 25.5. The Hall–Kier alpha value is -4.27. The lowest BCUT2D eigenvalue weighted by molar-refractivity contribution is -0.140. The molecule has 0 radical (unpaired) electrons. The van der Waals surface area contributed by atoms with E-state index in [0.717, 1.165) is 24.6 Å². The van der Waals surface area contributed by atoms with E-state index in [4.69, 9.17) is 27.6 Å². The number of guanidine groups is 1. The summed E-state index contributed by atoms with van der Waals surface area (Å²) in [6, 6.07) is 9.90. The number of fused-ring (bicyclic) bond motifs is 2. The maximum absolute atomic E-state index is 13.5. The molecule has 2 aliphatic heterocycles. The lowest BCUT2D eigenvalue weighted by Gasteiger charge is -2.30. The summed E-state index contributed by atoms with van der Waals surface area (Å²) < 4.78 is 5.75. The number of likely N-dealkylation sites (tertiary alicyclic amines) is 1. The molecule has 1 aliphatic carbocycles. The fourth-order valence-corrected chi connectivity index (χ4v) is 6.62. The molecule has 1 saturated carbocycles. The highest BCUT2D eigenvalue weighted by molar-refractivity contribution is 6.40. The largest absolute Gasteiger partial charge is 0.479 e. The number of hydrogen-bond donors (Lipinski definition) is 3. The molecule has 11 nitrogen and oxygen atoms in total. The summed E-state index contributed by atoms with van der Waals surface area (Å²) >= 11 is 13.3. The number of carbonyl (C=O) groups is 3. The summed E-state index contributed by atoms with van der Waals surface area (Å²) in [6.45, 7) is 1.96. The van der Waals surface area contributed by atoms with E-state index in [1.165, 1.54) is 0 Å². The smallest absolute Gasteiger partial charge is 0.331 e. The van der Waals surface area contributed by atoms with Crippen LogP contribution in [0.5, 0.6) is 0 Å². The van der Waals surface area contributed by atoms with Crippen LogP contribution in [0.4, 0.5) is 0 Å². The number of carbonyl (C=O) groups excluding carboxylic acids is 2. The van der Waals surface area contributed by atoms with E-state index in [1.807, 2.05) is 29.3 Å². The molecule has 13 heteroatoms. The number of aliphatic imine (C=N–C) groups is 1. The molecule has 0 spiro atoms. The Morgan fingerprint density at radius 2 is 1.86 bits per heavy atom. The molecular weight excluding hydrogens is 595 g/mol. The van der Waals surface area contributed by atoms with Gasteiger partial charge in [0.15, 0.2) is 17.5 Å². The number of nitrogens with one attached hydrogen (secondary N) is 2. The van der Waals surface area contributed by atoms with Crippen molar-refractivity contribution in [2.45, 2.75) is 50.2 Å². The van der Waals surface area contributed by atoms with Crippen LogP contribution >= 0.6 is 23.2 Å². The van der Waals surface area contributed by atoms with E-state index in [0.29, 0.717) is 48.7 Å². The molecule has 6 rings (SSSR count). The van der Waals surface area contributed by atoms with E-state index in [1.54, 1.807) is 23.1 Å². The summed E-state index contributed by atoms with van der Waals surface area (Å²) in [5.41, 5.74) is 0.300. The molecule has 0 unspecified atom stereocenters. The van der Waals surface area contributed by atoms with Crippen molar-refractivity contribution in [2.24, 2.45) is 4.99 Å². The van der Waals surface area contributed by atoms with Gasteiger partial charge in [0, 0.05) is 38.0 Å². The van der Waals surface area contributed by atoms with Gasteiger partial charge >= 0.3 is 5.97 Å². The van der Waals surface area contributed by atoms with Gasteiger partial charge in [0.25, 0.3) is 11.8 Å². The number of aliphatic carboxylic acids is 1. The molecule has 3 aromatic rings. The first-order chi connectivity index (χ1) is 20.7. The molecule has 1 aromatic heterocycles. The van der Waals surface area contributed by atoms with Crippen LogP contribution in [0.25, 0.3) is 11.0 Å². The standard InChI is InChI=1S/C30H28Cl2N6O5/c31-20-12-18-15-38(27(40)22-13-17-6-2-3-7-21(17)43-22)11-8-19(18)25(32)24(20)26(39)36-30(28(41)42)14-23(30)35-29(34-16-33)37-9-4-1-5-10-37/h2-3,6-7,12-13,23H,1,4-5,8-11,14-15H2,(H,34,35)(H,36,39)(H,41,42)/t23-,30-/m1/s1. The van der Waals surface area contributed by atoms with Crippen LogP contribution < -0.4 is 10.6 Å². The topological polar surface area (TPSA) is 151 Å². The van der Waals surface area contributed by atoms with Crippen molar-refractivity contribution in [3.63, 3.8) is 0 Å². The number of halogens is 2. The highest BCUT2D eigenvalue weighted by atomic mass is 35.5. The van der Waals surface area contributed by atoms with Gasteiger partial charge in [0.1, 0.15) is 5.58 Å². The number of nitrogens with zero attached hydrogens (tertiary/aromatic N) is 4. The van der Waals surface area contributed by atoms with Crippen molar-refractivity contribution in [3.05, 3.63) is 68.9 Å². The number of carboxylic acids is 1. The van der Waals surface area contributed by atoms with Crippen molar-refractivity contribution in [3.8, 4) is 6.19 Å². The SMILES string of the molecule is N#CNC(=N[C@@H]1C[C@]1(NC(=O)c1c(Cl)cc2c(c1Cl)CCN(C(=O)c1cc3ccccc3o1)C2)C(=O)O)N1CCCCC1. The molecule has 43 heavy (non-hydrogen) atoms. The van der Waals surface area contributed by atoms with Crippen LogP contribution in [-0.4, -0.2) is 69.9 Å². The maximum atomic E-state index is 13.5. The molecule has 0 bridgehead atoms. The van der Waals surface area contributed by atoms with Crippen molar-refractivity contribution in [2.75, 3.05) is 19.6 Å². The van der Waals surface area contributed by atoms with Crippen molar-refractivity contribution in [1.29, 1.82) is 5.26 Å². The summed E-state index contributed by atoms with van der Waals surface area (Å²) in [5.74, 6) is -1.71. The van der Waals surface area contributed by atoms with E-state index in [2.05, 4.69) is 15.6 Å². The lowest BCUT2D eigenvalue weighted by atomic mass is 9.96. The van der Waals surface area contributed by atoms with Gasteiger partial charge in [-0.3, -0.25) is 14.9 Å². The van der Waals surface area contributed by atoms with Crippen molar-refractivity contribution >= 4 is 57.9 Å². The maximum Gasteiger partial charge on any atom is 0.331 e. The minimum atomic E-state index is -1.66. The van der Waals surface area contributed by atoms with Gasteiger partial charge in [-0.1, -0.05) is 41.4 Å². The number of hydrogen-bond acceptors (Lipinski definition) is 6. The zero-order valence-corrected chi connectivity index (χ0v) is 24.5. The van der Waals surface area contributed by atoms with Crippen molar-refractivity contribution < 1.29 is 23.9 Å². The Morgan fingerprint density at radius 1 is 1.09 bits per heavy atom. The van der Waals surface area contributed by atoms with E-state index in [9.17, 15) is 24.8 Å². The van der Waals surface area contributed by atoms with Gasteiger partial charge in [0.05, 0.1) is 21.7 Å². The third-order valence-electron chi connectivity index (χ3n) is 8.30. The first-order valence-electron chi connectivity index (χ1n) is 14.0. The number of para-hydroxylation sites is 1. The van der Waals surface area contributed by atoms with Crippen LogP contribution in [0.2, 0.25) is 10.0 Å². The molecule has 3 aliphatic rings. The van der Waals surface area contributed by atoms with Crippen LogP contribution in [-0.2, 0) is 17.8 Å². The van der Waals surface area contributed by atoms with Gasteiger partial charge in [-0.05, 0) is 55.0 Å². The number of nitriles is 1. The van der Waals surface area contributed by atoms with Crippen molar-refractivity contribution in [1.82, 2.24) is 20.4 Å². The molecule has 3 N–H and O–H groups in total. The fraction of sp³-hybridized carbons (Fsp3) is 0.367. The summed E-state index contributed by atoms with van der Waals surface area (Å²) in [7, 11) is 0. The number of piperidine rings is 1. The summed E-state index contributed by atoms with van der Waals surface area (Å²) in [6.07, 6.45) is 5.25. The highest BCUT2D eigenvalue weighted by Crippen LogP contribution is 2.42. The number of benzene rings is 2. The minimum Gasteiger partial charge on any atom is -0.479 e. The molecule has 2 amide bonds. The first kappa shape index (κ1) is 28.8. The zero-order chi connectivity index (χ0) is 30.3. The number of furan rings is 1. The highest BCUT2D eigenvalue weighted by Gasteiger charge is 2.63. The first-order valence-corrected chi connectivity index (χ1v) is 14.8. The average molecular weight is 623 g/mol. The molecule has 3 heterocycles. The Kier molecular flexibility index (Phi) is 7.66. The summed E-state index contributed by atoms with van der Waals surface area (Å²) in [4.78, 5) is 47.1. The predicted octanol–water partition coefficient (Wildman–Crippen LogP) is 4.18. The van der Waals surface area contributed by atoms with Gasteiger partial charge in [-0.25, -0.2) is 9.79 Å². The number of carboxylic acid groups (broad SMARTS) is 1. The quantitative estimate of drug-likeness (QED) is 0.166. The van der Waals surface area contributed by atoms with E-state index >= 15 is 0 Å². The second-order valence-electron chi connectivity index (χ2n) is 11.0. The monoisotopic (exact) mass is 622 g/mol. The van der Waals surface area contributed by atoms with E-state index < -0.39 is 23.5 Å². The third kappa shape index (κ3) is 5.37. The molecule has 2 aromatic carbocycles. The second-order valence-corrected chi connectivity index (χ2v) is 11.8. The molecule has 2 atom stereocenters. The number of amides is 2. The Morgan fingerprint density at radius 3 is 2.58 bits per heavy atom. The Balaban J connectivity index is 1.20. The molecule has 222 valence electrons. The fourth-order valence-electron chi connectivity index (χ4n) is 5.86. The third-order valence-corrected chi connectivity index (χ3v) is 9.01. The lowest BCUT2D eigenvalue weighted by Crippen LogP contribution is -2.47. The van der Waals surface area contributed by atoms with E-state index in [-0.39, 0.29) is 40.2 Å². The zero-order valence-electron chi connectivity index (χ0n) is 23.0. The van der Waals surface area contributed by atoms with Crippen LogP contribution in [0.1, 0.15) is 57.7 Å². The Labute approximate surface area is 257 Å². The second kappa shape index (κ2) is 11.4. The minimum absolute atomic E-state index is 0.0270. The van der Waals surface area contributed by atoms with Crippen LogP contribution in [0.15, 0.2) is 45.8 Å². The molecular formula is C30H28Cl2N6O5. The predicted molar refractivity (Wildman–Crippen MR) is 159 cm³/mol. The van der Waals surface area contributed by atoms with Gasteiger partial charge in [-0.15, -0.1) is 0 Å². The van der Waals surface area contributed by atoms with Gasteiger partial charge in [-0.2, -0.15) is 5.26 Å². The van der Waals surface area contributed by atoms with Gasteiger partial charge < -0.3 is 24.6 Å². The molecule has 1 saturated heterocycles. The molecule has 2 fully saturated rings. The van der Waals surface area contributed by atoms with Crippen LogP contribution in [0, 0.1) is 11.5 Å². The Bertz CT molecular complexity index is 1680. The normalized spacial score (nSPS) is 21.6. The average Bonchev–Trinajstić information content (AvgIpc) is 3.51.